The highest BCUT2D eigenvalue weighted by atomic mass is 16.1. The van der Waals surface area contributed by atoms with Crippen molar-refractivity contribution < 1.29 is 0 Å². The SMILES string of the molecule is Cc1nc2c(ccc3[nH]ccc(=O)c32)[nH]1. The maximum absolute atomic E-state index is 11.7. The largest absolute Gasteiger partial charge is 0.361 e. The van der Waals surface area contributed by atoms with Gasteiger partial charge in [0.25, 0.3) is 0 Å². The molecule has 0 aliphatic rings. The Morgan fingerprint density at radius 3 is 2.87 bits per heavy atom. The number of aromatic nitrogens is 3. The molecule has 2 aromatic heterocycles. The quantitative estimate of drug-likeness (QED) is 0.579. The minimum absolute atomic E-state index is 0.000787. The molecule has 0 unspecified atom stereocenters. The number of hydrogen-bond acceptors (Lipinski definition) is 2. The van der Waals surface area contributed by atoms with Gasteiger partial charge in [-0.25, -0.2) is 4.98 Å². The molecule has 0 bridgehead atoms. The van der Waals surface area contributed by atoms with Gasteiger partial charge in [-0.1, -0.05) is 0 Å². The Kier molecular flexibility index (Phi) is 1.48. The first-order chi connectivity index (χ1) is 7.25. The Morgan fingerprint density at radius 2 is 2.00 bits per heavy atom. The first-order valence-electron chi connectivity index (χ1n) is 4.72. The lowest BCUT2D eigenvalue weighted by atomic mass is 10.2. The van der Waals surface area contributed by atoms with E-state index in [0.29, 0.717) is 5.39 Å². The molecule has 0 amide bonds. The zero-order valence-corrected chi connectivity index (χ0v) is 8.16. The first kappa shape index (κ1) is 8.23. The zero-order chi connectivity index (χ0) is 10.4. The topological polar surface area (TPSA) is 61.5 Å². The molecule has 0 saturated heterocycles. The molecule has 0 aliphatic heterocycles. The number of benzene rings is 1. The van der Waals surface area contributed by atoms with Gasteiger partial charge >= 0.3 is 0 Å². The third-order valence-electron chi connectivity index (χ3n) is 2.49. The van der Waals surface area contributed by atoms with Crippen molar-refractivity contribution in [2.24, 2.45) is 0 Å². The standard InChI is InChI=1S/C11H9N3O/c1-6-13-8-3-2-7-10(11(8)14-6)9(15)4-5-12-7/h2-5H,1H3,(H,12,15)(H,13,14). The Labute approximate surface area is 85.0 Å². The van der Waals surface area contributed by atoms with Gasteiger partial charge in [0.1, 0.15) is 11.3 Å². The van der Waals surface area contributed by atoms with E-state index in [1.54, 1.807) is 6.20 Å². The minimum Gasteiger partial charge on any atom is -0.361 e. The number of imidazole rings is 1. The van der Waals surface area contributed by atoms with Crippen LogP contribution in [0, 0.1) is 6.92 Å². The molecule has 0 fully saturated rings. The van der Waals surface area contributed by atoms with Gasteiger partial charge in [0.05, 0.1) is 16.4 Å². The van der Waals surface area contributed by atoms with Crippen molar-refractivity contribution in [3.8, 4) is 0 Å². The van der Waals surface area contributed by atoms with Crippen molar-refractivity contribution in [1.82, 2.24) is 15.0 Å². The molecule has 0 radical (unpaired) electrons. The second kappa shape index (κ2) is 2.70. The van der Waals surface area contributed by atoms with Crippen LogP contribution in [0.5, 0.6) is 0 Å². The third-order valence-corrected chi connectivity index (χ3v) is 2.49. The number of pyridine rings is 1. The number of nitrogens with one attached hydrogen (secondary N) is 2. The van der Waals surface area contributed by atoms with Gasteiger partial charge in [-0.2, -0.15) is 0 Å². The van der Waals surface area contributed by atoms with E-state index in [9.17, 15) is 4.79 Å². The molecular weight excluding hydrogens is 190 g/mol. The van der Waals surface area contributed by atoms with Gasteiger partial charge < -0.3 is 9.97 Å². The van der Waals surface area contributed by atoms with Gasteiger partial charge in [-0.05, 0) is 19.1 Å². The highest BCUT2D eigenvalue weighted by Gasteiger charge is 2.06. The monoisotopic (exact) mass is 199 g/mol. The van der Waals surface area contributed by atoms with Crippen molar-refractivity contribution in [1.29, 1.82) is 0 Å². The molecule has 0 saturated carbocycles. The molecule has 2 N–H and O–H groups in total. The summed E-state index contributed by atoms with van der Waals surface area (Å²) < 4.78 is 0. The average molecular weight is 199 g/mol. The summed E-state index contributed by atoms with van der Waals surface area (Å²) in [5, 5.41) is 0.652. The molecule has 4 nitrogen and oxygen atoms in total. The Hall–Kier alpha value is -2.10. The van der Waals surface area contributed by atoms with E-state index in [-0.39, 0.29) is 5.43 Å². The highest BCUT2D eigenvalue weighted by molar-refractivity contribution is 6.02. The van der Waals surface area contributed by atoms with E-state index >= 15 is 0 Å². The van der Waals surface area contributed by atoms with Gasteiger partial charge in [-0.15, -0.1) is 0 Å². The van der Waals surface area contributed by atoms with E-state index in [0.717, 1.165) is 22.4 Å². The molecular formula is C11H9N3O. The second-order valence-electron chi connectivity index (χ2n) is 3.55. The summed E-state index contributed by atoms with van der Waals surface area (Å²) in [6.07, 6.45) is 1.65. The van der Waals surface area contributed by atoms with Crippen LogP contribution in [0.1, 0.15) is 5.82 Å². The average Bonchev–Trinajstić information content (AvgIpc) is 2.58. The fourth-order valence-electron chi connectivity index (χ4n) is 1.86. The van der Waals surface area contributed by atoms with Crippen LogP contribution in [0.3, 0.4) is 0 Å². The fourth-order valence-corrected chi connectivity index (χ4v) is 1.86. The van der Waals surface area contributed by atoms with Crippen molar-refractivity contribution in [3.63, 3.8) is 0 Å². The number of H-pyrrole nitrogens is 2. The van der Waals surface area contributed by atoms with Crippen LogP contribution in [0.2, 0.25) is 0 Å². The highest BCUT2D eigenvalue weighted by Crippen LogP contribution is 2.18. The van der Waals surface area contributed by atoms with Crippen LogP contribution in [0.4, 0.5) is 0 Å². The van der Waals surface area contributed by atoms with Crippen molar-refractivity contribution >= 4 is 21.9 Å². The molecule has 15 heavy (non-hydrogen) atoms. The summed E-state index contributed by atoms with van der Waals surface area (Å²) >= 11 is 0. The van der Waals surface area contributed by atoms with Crippen LogP contribution in [0.25, 0.3) is 21.9 Å². The molecule has 0 spiro atoms. The molecule has 0 atom stereocenters. The number of aryl methyl sites for hydroxylation is 1. The van der Waals surface area contributed by atoms with Crippen LogP contribution in [0.15, 0.2) is 29.2 Å². The van der Waals surface area contributed by atoms with Crippen LogP contribution in [-0.4, -0.2) is 15.0 Å². The van der Waals surface area contributed by atoms with E-state index in [2.05, 4.69) is 15.0 Å². The molecule has 3 rings (SSSR count). The minimum atomic E-state index is 0.000787. The predicted molar refractivity (Wildman–Crippen MR) is 59.0 cm³/mol. The van der Waals surface area contributed by atoms with Crippen LogP contribution in [-0.2, 0) is 0 Å². The lowest BCUT2D eigenvalue weighted by Gasteiger charge is -1.96. The molecule has 3 aromatic rings. The van der Waals surface area contributed by atoms with E-state index in [1.807, 2.05) is 19.1 Å². The normalized spacial score (nSPS) is 11.3. The predicted octanol–water partition coefficient (Wildman–Crippen LogP) is 1.71. The second-order valence-corrected chi connectivity index (χ2v) is 3.55. The zero-order valence-electron chi connectivity index (χ0n) is 8.16. The molecule has 0 aliphatic carbocycles. The Bertz CT molecular complexity index is 708. The van der Waals surface area contributed by atoms with Gasteiger partial charge in [0.2, 0.25) is 0 Å². The molecule has 4 heteroatoms. The summed E-state index contributed by atoms with van der Waals surface area (Å²) in [4.78, 5) is 22.2. The van der Waals surface area contributed by atoms with E-state index in [4.69, 9.17) is 0 Å². The molecule has 1 aromatic carbocycles. The number of aromatic amines is 2. The van der Waals surface area contributed by atoms with E-state index < -0.39 is 0 Å². The number of fused-ring (bicyclic) bond motifs is 3. The summed E-state index contributed by atoms with van der Waals surface area (Å²) in [6, 6.07) is 5.33. The fraction of sp³-hybridized carbons (Fsp3) is 0.0909. The lowest BCUT2D eigenvalue weighted by molar-refractivity contribution is 1.17. The number of hydrogen-bond donors (Lipinski definition) is 2. The third kappa shape index (κ3) is 1.08. The van der Waals surface area contributed by atoms with Gasteiger partial charge in [0, 0.05) is 12.3 Å². The van der Waals surface area contributed by atoms with Crippen LogP contribution >= 0.6 is 0 Å². The summed E-state index contributed by atoms with van der Waals surface area (Å²) in [7, 11) is 0. The summed E-state index contributed by atoms with van der Waals surface area (Å²) in [6.45, 7) is 1.88. The number of nitrogens with zero attached hydrogens (tertiary/aromatic N) is 1. The summed E-state index contributed by atoms with van der Waals surface area (Å²) in [5.74, 6) is 0.820. The van der Waals surface area contributed by atoms with Crippen molar-refractivity contribution in [3.05, 3.63) is 40.4 Å². The molecule has 74 valence electrons. The van der Waals surface area contributed by atoms with Crippen LogP contribution < -0.4 is 5.43 Å². The smallest absolute Gasteiger partial charge is 0.191 e. The maximum atomic E-state index is 11.7. The first-order valence-corrected chi connectivity index (χ1v) is 4.72. The van der Waals surface area contributed by atoms with E-state index in [1.165, 1.54) is 6.07 Å². The molecule has 2 heterocycles. The van der Waals surface area contributed by atoms with Gasteiger partial charge in [-0.3, -0.25) is 4.79 Å². The van der Waals surface area contributed by atoms with Crippen molar-refractivity contribution in [2.45, 2.75) is 6.92 Å². The Balaban J connectivity index is 2.69. The Morgan fingerprint density at radius 1 is 1.20 bits per heavy atom. The van der Waals surface area contributed by atoms with Gasteiger partial charge in [0.15, 0.2) is 5.43 Å². The number of rotatable bonds is 0. The van der Waals surface area contributed by atoms with Crippen molar-refractivity contribution in [2.75, 3.05) is 0 Å². The summed E-state index contributed by atoms with van der Waals surface area (Å²) in [5.41, 5.74) is 2.46. The lowest BCUT2D eigenvalue weighted by Crippen LogP contribution is -2.00. The maximum Gasteiger partial charge on any atom is 0.191 e.